The quantitative estimate of drug-likeness (QED) is 0.720. The van der Waals surface area contributed by atoms with E-state index in [1.807, 2.05) is 12.1 Å². The van der Waals surface area contributed by atoms with Crippen molar-refractivity contribution in [2.24, 2.45) is 0 Å². The number of hydrogen-bond acceptors (Lipinski definition) is 3. The van der Waals surface area contributed by atoms with Crippen molar-refractivity contribution < 1.29 is 0 Å². The second kappa shape index (κ2) is 3.61. The van der Waals surface area contributed by atoms with Crippen molar-refractivity contribution in [3.63, 3.8) is 0 Å². The Bertz CT molecular complexity index is 656. The number of aromatic nitrogens is 2. The van der Waals surface area contributed by atoms with Crippen molar-refractivity contribution in [3.05, 3.63) is 34.1 Å². The molecular weight excluding hydrogens is 286 g/mol. The number of nitrogens with zero attached hydrogens (tertiary/aromatic N) is 1. The van der Waals surface area contributed by atoms with Crippen LogP contribution in [0.15, 0.2) is 34.1 Å². The zero-order chi connectivity index (χ0) is 11.1. The van der Waals surface area contributed by atoms with E-state index < -0.39 is 0 Å². The fourth-order valence-corrected chi connectivity index (χ4v) is 3.03. The number of nitrogens with one attached hydrogen (secondary N) is 1. The van der Waals surface area contributed by atoms with E-state index in [4.69, 9.17) is 5.73 Å². The van der Waals surface area contributed by atoms with Gasteiger partial charge in [0.25, 0.3) is 0 Å². The first-order chi connectivity index (χ1) is 7.77. The minimum Gasteiger partial charge on any atom is -0.381 e. The smallest absolute Gasteiger partial charge is 0.160 e. The molecule has 0 aliphatic heterocycles. The molecule has 0 bridgehead atoms. The Hall–Kier alpha value is -1.33. The predicted octanol–water partition coefficient (Wildman–Crippen LogP) is 3.64. The van der Waals surface area contributed by atoms with Crippen LogP contribution in [0.4, 0.5) is 5.82 Å². The van der Waals surface area contributed by atoms with Crippen LogP contribution in [-0.2, 0) is 0 Å². The van der Waals surface area contributed by atoms with Gasteiger partial charge < -0.3 is 5.73 Å². The molecule has 3 nitrogen and oxygen atoms in total. The lowest BCUT2D eigenvalue weighted by atomic mass is 10.1. The number of nitrogens with two attached hydrogens (primary N) is 1. The van der Waals surface area contributed by atoms with Crippen LogP contribution in [0, 0.1) is 0 Å². The van der Waals surface area contributed by atoms with Crippen LogP contribution in [-0.4, -0.2) is 10.2 Å². The van der Waals surface area contributed by atoms with E-state index in [0.29, 0.717) is 5.82 Å². The Morgan fingerprint density at radius 1 is 1.31 bits per heavy atom. The van der Waals surface area contributed by atoms with Gasteiger partial charge in [0.15, 0.2) is 5.82 Å². The number of halogens is 1. The molecule has 0 saturated heterocycles. The summed E-state index contributed by atoms with van der Waals surface area (Å²) in [4.78, 5) is 0. The number of thiophene rings is 1. The van der Waals surface area contributed by atoms with E-state index in [1.165, 1.54) is 10.1 Å². The van der Waals surface area contributed by atoms with Gasteiger partial charge in [0.1, 0.15) is 0 Å². The van der Waals surface area contributed by atoms with Crippen molar-refractivity contribution in [2.45, 2.75) is 0 Å². The van der Waals surface area contributed by atoms with Crippen molar-refractivity contribution in [1.82, 2.24) is 10.2 Å². The first-order valence-electron chi connectivity index (χ1n) is 4.73. The van der Waals surface area contributed by atoms with Gasteiger partial charge in [-0.3, -0.25) is 5.10 Å². The summed E-state index contributed by atoms with van der Waals surface area (Å²) >= 11 is 5.16. The molecule has 1 aromatic carbocycles. The maximum Gasteiger partial charge on any atom is 0.160 e. The van der Waals surface area contributed by atoms with Crippen molar-refractivity contribution in [1.29, 1.82) is 0 Å². The monoisotopic (exact) mass is 293 g/mol. The minimum atomic E-state index is 0.491. The number of hydrogen-bond donors (Lipinski definition) is 2. The van der Waals surface area contributed by atoms with E-state index in [1.54, 1.807) is 11.3 Å². The molecule has 3 rings (SSSR count). The molecule has 3 aromatic rings. The van der Waals surface area contributed by atoms with Gasteiger partial charge in [0, 0.05) is 21.0 Å². The summed E-state index contributed by atoms with van der Waals surface area (Å²) in [6, 6.07) is 8.28. The molecule has 0 saturated carbocycles. The first-order valence-corrected chi connectivity index (χ1v) is 6.40. The summed E-state index contributed by atoms with van der Waals surface area (Å²) in [7, 11) is 0. The number of benzene rings is 1. The van der Waals surface area contributed by atoms with E-state index in [2.05, 4.69) is 43.6 Å². The summed E-state index contributed by atoms with van der Waals surface area (Å²) in [6.45, 7) is 0. The third kappa shape index (κ3) is 1.36. The Kier molecular flexibility index (Phi) is 2.22. The molecule has 0 aliphatic carbocycles. The number of H-pyrrole nitrogens is 1. The van der Waals surface area contributed by atoms with E-state index in [-0.39, 0.29) is 0 Å². The van der Waals surface area contributed by atoms with Crippen LogP contribution in [0.1, 0.15) is 0 Å². The van der Waals surface area contributed by atoms with Crippen LogP contribution in [0.25, 0.3) is 21.3 Å². The number of anilines is 1. The fraction of sp³-hybridized carbons (Fsp3) is 0. The van der Waals surface area contributed by atoms with Crippen molar-refractivity contribution in [2.75, 3.05) is 5.73 Å². The molecule has 0 atom stereocenters. The van der Waals surface area contributed by atoms with E-state index in [0.717, 1.165) is 15.7 Å². The Labute approximate surface area is 104 Å². The third-order valence-corrected chi connectivity index (χ3v) is 4.25. The van der Waals surface area contributed by atoms with Crippen LogP contribution < -0.4 is 5.73 Å². The average Bonchev–Trinajstić information content (AvgIpc) is 2.85. The zero-order valence-electron chi connectivity index (χ0n) is 8.20. The van der Waals surface area contributed by atoms with Crippen molar-refractivity contribution >= 4 is 43.2 Å². The van der Waals surface area contributed by atoms with Gasteiger partial charge >= 0.3 is 0 Å². The second-order valence-corrected chi connectivity index (χ2v) is 5.15. The summed E-state index contributed by atoms with van der Waals surface area (Å²) in [5.41, 5.74) is 7.78. The molecule has 0 radical (unpaired) electrons. The standard InChI is InChI=1S/C11H8BrN3S/c12-9-10(14-15-11(9)13)7-5-16-8-4-2-1-3-6(7)8/h1-5H,(H3,13,14,15). The second-order valence-electron chi connectivity index (χ2n) is 3.44. The summed E-state index contributed by atoms with van der Waals surface area (Å²) in [5.74, 6) is 0.491. The van der Waals surface area contributed by atoms with Gasteiger partial charge in [-0.2, -0.15) is 5.10 Å². The minimum absolute atomic E-state index is 0.491. The number of fused-ring (bicyclic) bond motifs is 1. The highest BCUT2D eigenvalue weighted by atomic mass is 79.9. The molecule has 5 heteroatoms. The molecule has 2 heterocycles. The van der Waals surface area contributed by atoms with Crippen LogP contribution >= 0.6 is 27.3 Å². The van der Waals surface area contributed by atoms with Crippen LogP contribution in [0.5, 0.6) is 0 Å². The normalized spacial score (nSPS) is 11.1. The molecule has 0 amide bonds. The maximum atomic E-state index is 5.70. The number of aromatic amines is 1. The summed E-state index contributed by atoms with van der Waals surface area (Å²) < 4.78 is 2.09. The Morgan fingerprint density at radius 2 is 2.12 bits per heavy atom. The van der Waals surface area contributed by atoms with Crippen molar-refractivity contribution in [3.8, 4) is 11.3 Å². The molecule has 0 unspecified atom stereocenters. The van der Waals surface area contributed by atoms with Gasteiger partial charge in [0.05, 0.1) is 10.2 Å². The highest BCUT2D eigenvalue weighted by molar-refractivity contribution is 9.10. The lowest BCUT2D eigenvalue weighted by molar-refractivity contribution is 1.10. The molecular formula is C11H8BrN3S. The molecule has 0 aliphatic rings. The first kappa shape index (κ1) is 9.86. The lowest BCUT2D eigenvalue weighted by Gasteiger charge is -1.96. The number of rotatable bonds is 1. The van der Waals surface area contributed by atoms with Gasteiger partial charge in [-0.25, -0.2) is 0 Å². The third-order valence-electron chi connectivity index (χ3n) is 2.48. The van der Waals surface area contributed by atoms with E-state index >= 15 is 0 Å². The largest absolute Gasteiger partial charge is 0.381 e. The van der Waals surface area contributed by atoms with Gasteiger partial charge in [0.2, 0.25) is 0 Å². The highest BCUT2D eigenvalue weighted by Crippen LogP contribution is 2.37. The number of nitrogen functional groups attached to an aromatic ring is 1. The fourth-order valence-electron chi connectivity index (χ4n) is 1.69. The van der Waals surface area contributed by atoms with Gasteiger partial charge in [-0.1, -0.05) is 18.2 Å². The highest BCUT2D eigenvalue weighted by Gasteiger charge is 2.13. The Balaban J connectivity index is 2.30. The van der Waals surface area contributed by atoms with Gasteiger partial charge in [-0.05, 0) is 22.0 Å². The summed E-state index contributed by atoms with van der Waals surface area (Å²) in [5, 5.41) is 10.3. The average molecular weight is 294 g/mol. The van der Waals surface area contributed by atoms with Crippen LogP contribution in [0.2, 0.25) is 0 Å². The predicted molar refractivity (Wildman–Crippen MR) is 71.5 cm³/mol. The van der Waals surface area contributed by atoms with Crippen LogP contribution in [0.3, 0.4) is 0 Å². The molecule has 3 N–H and O–H groups in total. The zero-order valence-corrected chi connectivity index (χ0v) is 10.6. The molecule has 0 fully saturated rings. The Morgan fingerprint density at radius 3 is 2.88 bits per heavy atom. The lowest BCUT2D eigenvalue weighted by Crippen LogP contribution is -1.83. The molecule has 80 valence electrons. The SMILES string of the molecule is Nc1n[nH]c(-c2csc3ccccc23)c1Br. The van der Waals surface area contributed by atoms with E-state index in [9.17, 15) is 0 Å². The van der Waals surface area contributed by atoms with Gasteiger partial charge in [-0.15, -0.1) is 11.3 Å². The maximum absolute atomic E-state index is 5.70. The molecule has 16 heavy (non-hydrogen) atoms. The topological polar surface area (TPSA) is 54.7 Å². The molecule has 0 spiro atoms. The summed E-state index contributed by atoms with van der Waals surface area (Å²) in [6.07, 6.45) is 0. The molecule has 2 aromatic heterocycles.